The number of ether oxygens (including phenoxy) is 1. The van der Waals surface area contributed by atoms with Crippen molar-refractivity contribution in [2.45, 2.75) is 19.8 Å². The van der Waals surface area contributed by atoms with Crippen LogP contribution in [0.2, 0.25) is 0 Å². The Bertz CT molecular complexity index is 955. The van der Waals surface area contributed by atoms with E-state index in [1.807, 2.05) is 43.3 Å². The highest BCUT2D eigenvalue weighted by Gasteiger charge is 2.21. The lowest BCUT2D eigenvalue weighted by Crippen LogP contribution is -2.13. The van der Waals surface area contributed by atoms with Crippen molar-refractivity contribution in [3.8, 4) is 11.3 Å². The molecule has 0 radical (unpaired) electrons. The van der Waals surface area contributed by atoms with Crippen molar-refractivity contribution in [2.75, 3.05) is 7.11 Å². The summed E-state index contributed by atoms with van der Waals surface area (Å²) in [7, 11) is 1.35. The molecule has 0 spiro atoms. The van der Waals surface area contributed by atoms with Crippen molar-refractivity contribution in [1.29, 1.82) is 0 Å². The molecule has 0 N–H and O–H groups in total. The van der Waals surface area contributed by atoms with E-state index in [2.05, 4.69) is 0 Å². The van der Waals surface area contributed by atoms with Gasteiger partial charge >= 0.3 is 5.97 Å². The highest BCUT2D eigenvalue weighted by Crippen LogP contribution is 2.30. The summed E-state index contributed by atoms with van der Waals surface area (Å²) in [5.41, 5.74) is 2.68. The molecular weight excluding hydrogens is 304 g/mol. The molecule has 1 atom stereocenters. The van der Waals surface area contributed by atoms with Gasteiger partial charge in [0.1, 0.15) is 11.3 Å². The number of esters is 1. The average Bonchev–Trinajstić information content (AvgIpc) is 2.61. The molecule has 0 amide bonds. The van der Waals surface area contributed by atoms with Crippen LogP contribution in [0.4, 0.5) is 0 Å². The number of carbonyl (C=O) groups excluding carboxylic acids is 1. The molecule has 0 aliphatic rings. The predicted octanol–water partition coefficient (Wildman–Crippen LogP) is 4.04. The fourth-order valence-electron chi connectivity index (χ4n) is 2.80. The van der Waals surface area contributed by atoms with Crippen LogP contribution in [0.1, 0.15) is 24.0 Å². The third-order valence-corrected chi connectivity index (χ3v) is 4.08. The molecule has 4 nitrogen and oxygen atoms in total. The van der Waals surface area contributed by atoms with Gasteiger partial charge in [-0.1, -0.05) is 36.4 Å². The van der Waals surface area contributed by atoms with Crippen LogP contribution in [-0.2, 0) is 9.53 Å². The lowest BCUT2D eigenvalue weighted by atomic mass is 9.96. The molecule has 1 aromatic heterocycles. The molecule has 0 saturated carbocycles. The topological polar surface area (TPSA) is 56.5 Å². The zero-order chi connectivity index (χ0) is 17.3. The van der Waals surface area contributed by atoms with E-state index in [0.29, 0.717) is 22.3 Å². The fraction of sp³-hybridized carbons (Fsp3) is 0.200. The van der Waals surface area contributed by atoms with Gasteiger partial charge in [0.25, 0.3) is 0 Å². The molecule has 3 aromatic rings. The number of methoxy groups -OCH3 is 1. The number of fused-ring (bicyclic) bond motifs is 1. The average molecular weight is 322 g/mol. The normalized spacial score (nSPS) is 12.1. The summed E-state index contributed by atoms with van der Waals surface area (Å²) in [5, 5.41) is 0.473. The van der Waals surface area contributed by atoms with Crippen LogP contribution in [0.25, 0.3) is 22.3 Å². The monoisotopic (exact) mass is 322 g/mol. The summed E-state index contributed by atoms with van der Waals surface area (Å²) in [6.45, 7) is 3.63. The Labute approximate surface area is 139 Å². The van der Waals surface area contributed by atoms with Crippen molar-refractivity contribution in [2.24, 2.45) is 0 Å². The van der Waals surface area contributed by atoms with Gasteiger partial charge in [0.15, 0.2) is 5.43 Å². The molecule has 1 heterocycles. The largest absolute Gasteiger partial charge is 0.469 e. The van der Waals surface area contributed by atoms with Gasteiger partial charge in [-0.25, -0.2) is 0 Å². The first kappa shape index (κ1) is 16.0. The van der Waals surface area contributed by atoms with Crippen molar-refractivity contribution >= 4 is 16.9 Å². The zero-order valence-electron chi connectivity index (χ0n) is 13.8. The van der Waals surface area contributed by atoms with Gasteiger partial charge in [0.2, 0.25) is 0 Å². The van der Waals surface area contributed by atoms with E-state index >= 15 is 0 Å². The minimum atomic E-state index is -0.522. The quantitative estimate of drug-likeness (QED) is 0.683. The van der Waals surface area contributed by atoms with E-state index in [0.717, 1.165) is 11.1 Å². The molecule has 0 fully saturated rings. The number of rotatable bonds is 3. The molecule has 0 aliphatic carbocycles. The van der Waals surface area contributed by atoms with Crippen LogP contribution >= 0.6 is 0 Å². The fourth-order valence-corrected chi connectivity index (χ4v) is 2.80. The maximum Gasteiger partial charge on any atom is 0.312 e. The van der Waals surface area contributed by atoms with Gasteiger partial charge in [-0.3, -0.25) is 9.59 Å². The van der Waals surface area contributed by atoms with Crippen LogP contribution in [-0.4, -0.2) is 13.1 Å². The van der Waals surface area contributed by atoms with Crippen LogP contribution in [0.3, 0.4) is 0 Å². The van der Waals surface area contributed by atoms with Gasteiger partial charge < -0.3 is 9.15 Å². The smallest absolute Gasteiger partial charge is 0.312 e. The summed E-state index contributed by atoms with van der Waals surface area (Å²) in [6.07, 6.45) is 0. The summed E-state index contributed by atoms with van der Waals surface area (Å²) in [6, 6.07) is 14.5. The molecule has 122 valence electrons. The Hall–Kier alpha value is -2.88. The number of aryl methyl sites for hydroxylation is 1. The highest BCUT2D eigenvalue weighted by atomic mass is 16.5. The van der Waals surface area contributed by atoms with E-state index < -0.39 is 5.92 Å². The lowest BCUT2D eigenvalue weighted by molar-refractivity contribution is -0.141. The van der Waals surface area contributed by atoms with E-state index in [9.17, 15) is 9.59 Å². The molecule has 0 bridgehead atoms. The van der Waals surface area contributed by atoms with Gasteiger partial charge in [0.05, 0.1) is 18.4 Å². The second-order valence-corrected chi connectivity index (χ2v) is 5.82. The predicted molar refractivity (Wildman–Crippen MR) is 93.1 cm³/mol. The minimum absolute atomic E-state index is 0.128. The first-order chi connectivity index (χ1) is 11.5. The number of hydrogen-bond donors (Lipinski definition) is 0. The number of benzene rings is 2. The summed E-state index contributed by atoms with van der Waals surface area (Å²) in [5.74, 6) is -0.406. The molecule has 0 aliphatic heterocycles. The second-order valence-electron chi connectivity index (χ2n) is 5.82. The van der Waals surface area contributed by atoms with E-state index in [-0.39, 0.29) is 11.4 Å². The van der Waals surface area contributed by atoms with Crippen molar-refractivity contribution in [3.63, 3.8) is 0 Å². The van der Waals surface area contributed by atoms with Crippen molar-refractivity contribution in [3.05, 3.63) is 69.9 Å². The molecule has 0 saturated heterocycles. The number of hydrogen-bond acceptors (Lipinski definition) is 4. The molecule has 24 heavy (non-hydrogen) atoms. The highest BCUT2D eigenvalue weighted by molar-refractivity contribution is 5.88. The Morgan fingerprint density at radius 2 is 1.83 bits per heavy atom. The van der Waals surface area contributed by atoms with Crippen LogP contribution < -0.4 is 5.43 Å². The number of carbonyl (C=O) groups is 1. The van der Waals surface area contributed by atoms with Crippen molar-refractivity contribution < 1.29 is 13.9 Å². The van der Waals surface area contributed by atoms with E-state index in [1.54, 1.807) is 13.0 Å². The van der Waals surface area contributed by atoms with Gasteiger partial charge in [-0.2, -0.15) is 0 Å². The molecular formula is C20H18O4. The van der Waals surface area contributed by atoms with Gasteiger partial charge in [-0.05, 0) is 25.5 Å². The van der Waals surface area contributed by atoms with Crippen LogP contribution in [0.5, 0.6) is 0 Å². The van der Waals surface area contributed by atoms with E-state index in [1.165, 1.54) is 13.2 Å². The molecule has 1 unspecified atom stereocenters. The Morgan fingerprint density at radius 3 is 2.50 bits per heavy atom. The zero-order valence-corrected chi connectivity index (χ0v) is 13.8. The van der Waals surface area contributed by atoms with Crippen LogP contribution in [0, 0.1) is 6.92 Å². The first-order valence-electron chi connectivity index (χ1n) is 7.73. The minimum Gasteiger partial charge on any atom is -0.469 e. The third kappa shape index (κ3) is 2.83. The maximum absolute atomic E-state index is 12.6. The Morgan fingerprint density at radius 1 is 1.12 bits per heavy atom. The van der Waals surface area contributed by atoms with E-state index in [4.69, 9.17) is 9.15 Å². The first-order valence-corrected chi connectivity index (χ1v) is 7.73. The Kier molecular flexibility index (Phi) is 4.21. The second kappa shape index (κ2) is 6.32. The summed E-state index contributed by atoms with van der Waals surface area (Å²) >= 11 is 0. The lowest BCUT2D eigenvalue weighted by Gasteiger charge is -2.13. The molecule has 2 aromatic carbocycles. The summed E-state index contributed by atoms with van der Waals surface area (Å²) in [4.78, 5) is 24.5. The SMILES string of the molecule is COC(=O)C(C)c1cc(C)cc2c(=O)cc(-c3ccccc3)oc12. The third-order valence-electron chi connectivity index (χ3n) is 4.08. The van der Waals surface area contributed by atoms with Gasteiger partial charge in [0, 0.05) is 17.2 Å². The Balaban J connectivity index is 2.30. The van der Waals surface area contributed by atoms with Crippen molar-refractivity contribution in [1.82, 2.24) is 0 Å². The van der Waals surface area contributed by atoms with Crippen LogP contribution in [0.15, 0.2) is 57.7 Å². The summed E-state index contributed by atoms with van der Waals surface area (Å²) < 4.78 is 10.9. The standard InChI is InChI=1S/C20H18O4/c1-12-9-15(13(2)20(22)23-3)19-16(10-12)17(21)11-18(24-19)14-7-5-4-6-8-14/h4-11,13H,1-3H3. The van der Waals surface area contributed by atoms with Gasteiger partial charge in [-0.15, -0.1) is 0 Å². The molecule has 4 heteroatoms. The molecule has 3 rings (SSSR count). The maximum atomic E-state index is 12.6.